The maximum atomic E-state index is 11.8. The van der Waals surface area contributed by atoms with Gasteiger partial charge in [-0.25, -0.2) is 0 Å². The Kier molecular flexibility index (Phi) is 5.71. The number of anilines is 1. The van der Waals surface area contributed by atoms with Crippen LogP contribution in [0.2, 0.25) is 0 Å². The predicted octanol–water partition coefficient (Wildman–Crippen LogP) is 0.982. The second-order valence-electron chi connectivity index (χ2n) is 4.44. The first-order valence-corrected chi connectivity index (χ1v) is 6.42. The fraction of sp³-hybridized carbons (Fsp3) is 0.357. The molecule has 0 aliphatic carbocycles. The highest BCUT2D eigenvalue weighted by molar-refractivity contribution is 6.39. The number of nitrogens with one attached hydrogen (secondary N) is 1. The Morgan fingerprint density at radius 1 is 1.25 bits per heavy atom. The normalized spacial score (nSPS) is 9.90. The first kappa shape index (κ1) is 15.7. The second kappa shape index (κ2) is 7.28. The standard InChI is InChI=1S/C14H19N3O3/c1-3-4-9-17(2)14(20)13(19)16-11-8-6-5-7-10(11)12(15)18/h5-8H,3-4,9H2,1-2H3,(H2,15,18)(H,16,19). The molecule has 0 bridgehead atoms. The van der Waals surface area contributed by atoms with Crippen LogP contribution in [0.3, 0.4) is 0 Å². The van der Waals surface area contributed by atoms with E-state index < -0.39 is 17.7 Å². The largest absolute Gasteiger partial charge is 0.366 e. The van der Waals surface area contributed by atoms with Gasteiger partial charge in [0.25, 0.3) is 5.91 Å². The Morgan fingerprint density at radius 3 is 2.50 bits per heavy atom. The van der Waals surface area contributed by atoms with Gasteiger partial charge in [0.1, 0.15) is 0 Å². The zero-order chi connectivity index (χ0) is 15.1. The van der Waals surface area contributed by atoms with E-state index in [1.807, 2.05) is 6.92 Å². The van der Waals surface area contributed by atoms with Crippen molar-refractivity contribution in [1.29, 1.82) is 0 Å². The van der Waals surface area contributed by atoms with E-state index in [2.05, 4.69) is 5.32 Å². The minimum absolute atomic E-state index is 0.171. The van der Waals surface area contributed by atoms with E-state index in [-0.39, 0.29) is 11.3 Å². The first-order valence-electron chi connectivity index (χ1n) is 6.42. The molecule has 0 aliphatic rings. The maximum Gasteiger partial charge on any atom is 0.313 e. The van der Waals surface area contributed by atoms with Gasteiger partial charge in [-0.15, -0.1) is 0 Å². The number of primary amides is 1. The van der Waals surface area contributed by atoms with Crippen molar-refractivity contribution in [3.05, 3.63) is 29.8 Å². The summed E-state index contributed by atoms with van der Waals surface area (Å²) in [4.78, 5) is 36.2. The average Bonchev–Trinajstić information content (AvgIpc) is 2.44. The van der Waals surface area contributed by atoms with Crippen LogP contribution in [0, 0.1) is 0 Å². The molecule has 0 heterocycles. The molecule has 1 rings (SSSR count). The molecule has 0 unspecified atom stereocenters. The number of carbonyl (C=O) groups is 3. The van der Waals surface area contributed by atoms with Crippen LogP contribution in [0.25, 0.3) is 0 Å². The van der Waals surface area contributed by atoms with E-state index in [4.69, 9.17) is 5.73 Å². The van der Waals surface area contributed by atoms with Crippen LogP contribution in [0.1, 0.15) is 30.1 Å². The molecule has 0 radical (unpaired) electrons. The van der Waals surface area contributed by atoms with Gasteiger partial charge >= 0.3 is 11.8 Å². The minimum atomic E-state index is -0.780. The van der Waals surface area contributed by atoms with E-state index in [0.717, 1.165) is 12.8 Å². The number of benzene rings is 1. The minimum Gasteiger partial charge on any atom is -0.366 e. The number of rotatable bonds is 5. The number of hydrogen-bond acceptors (Lipinski definition) is 3. The molecular formula is C14H19N3O3. The molecule has 0 saturated heterocycles. The molecule has 0 spiro atoms. The van der Waals surface area contributed by atoms with Crippen LogP contribution in [0.15, 0.2) is 24.3 Å². The molecule has 1 aromatic rings. The second-order valence-corrected chi connectivity index (χ2v) is 4.44. The molecule has 6 heteroatoms. The Morgan fingerprint density at radius 2 is 1.90 bits per heavy atom. The lowest BCUT2D eigenvalue weighted by atomic mass is 10.1. The lowest BCUT2D eigenvalue weighted by molar-refractivity contribution is -0.142. The van der Waals surface area contributed by atoms with Crippen molar-refractivity contribution >= 4 is 23.4 Å². The number of nitrogens with zero attached hydrogens (tertiary/aromatic N) is 1. The Labute approximate surface area is 117 Å². The highest BCUT2D eigenvalue weighted by Gasteiger charge is 2.20. The van der Waals surface area contributed by atoms with Crippen LogP contribution in [0.5, 0.6) is 0 Å². The van der Waals surface area contributed by atoms with Crippen LogP contribution >= 0.6 is 0 Å². The highest BCUT2D eigenvalue weighted by atomic mass is 16.2. The molecule has 0 fully saturated rings. The van der Waals surface area contributed by atoms with Crippen molar-refractivity contribution in [2.24, 2.45) is 5.73 Å². The van der Waals surface area contributed by atoms with Crippen molar-refractivity contribution in [2.75, 3.05) is 18.9 Å². The van der Waals surface area contributed by atoms with Gasteiger partial charge in [-0.2, -0.15) is 0 Å². The van der Waals surface area contributed by atoms with E-state index >= 15 is 0 Å². The molecule has 108 valence electrons. The zero-order valence-electron chi connectivity index (χ0n) is 11.7. The van der Waals surface area contributed by atoms with Gasteiger partial charge in [0.05, 0.1) is 11.3 Å². The smallest absolute Gasteiger partial charge is 0.313 e. The van der Waals surface area contributed by atoms with Crippen LogP contribution < -0.4 is 11.1 Å². The van der Waals surface area contributed by atoms with Gasteiger partial charge < -0.3 is 16.0 Å². The van der Waals surface area contributed by atoms with Crippen molar-refractivity contribution < 1.29 is 14.4 Å². The van der Waals surface area contributed by atoms with E-state index in [0.29, 0.717) is 6.54 Å². The number of para-hydroxylation sites is 1. The van der Waals surface area contributed by atoms with Crippen molar-refractivity contribution in [3.8, 4) is 0 Å². The summed E-state index contributed by atoms with van der Waals surface area (Å²) in [5.41, 5.74) is 5.62. The van der Waals surface area contributed by atoms with Crippen molar-refractivity contribution in [3.63, 3.8) is 0 Å². The Hall–Kier alpha value is -2.37. The fourth-order valence-corrected chi connectivity index (χ4v) is 1.65. The summed E-state index contributed by atoms with van der Waals surface area (Å²) in [7, 11) is 1.57. The summed E-state index contributed by atoms with van der Waals surface area (Å²) >= 11 is 0. The number of unbranched alkanes of at least 4 members (excludes halogenated alkanes) is 1. The third kappa shape index (κ3) is 4.08. The van der Waals surface area contributed by atoms with Gasteiger partial charge in [-0.1, -0.05) is 25.5 Å². The number of likely N-dealkylation sites (N-methyl/N-ethyl adjacent to an activating group) is 1. The van der Waals surface area contributed by atoms with Crippen LogP contribution in [0.4, 0.5) is 5.69 Å². The topological polar surface area (TPSA) is 92.5 Å². The number of carbonyl (C=O) groups excluding carboxylic acids is 3. The third-order valence-electron chi connectivity index (χ3n) is 2.83. The third-order valence-corrected chi connectivity index (χ3v) is 2.83. The lowest BCUT2D eigenvalue weighted by Crippen LogP contribution is -2.37. The Bertz CT molecular complexity index is 514. The SMILES string of the molecule is CCCCN(C)C(=O)C(=O)Nc1ccccc1C(N)=O. The van der Waals surface area contributed by atoms with E-state index in [9.17, 15) is 14.4 Å². The molecule has 0 aromatic heterocycles. The summed E-state index contributed by atoms with van der Waals surface area (Å²) in [5, 5.41) is 2.42. The number of nitrogens with two attached hydrogens (primary N) is 1. The predicted molar refractivity (Wildman–Crippen MR) is 76.1 cm³/mol. The molecule has 0 aliphatic heterocycles. The molecule has 3 amide bonds. The quantitative estimate of drug-likeness (QED) is 0.786. The molecule has 1 aromatic carbocycles. The monoisotopic (exact) mass is 277 g/mol. The summed E-state index contributed by atoms with van der Waals surface area (Å²) in [6.45, 7) is 2.52. The first-order chi connectivity index (χ1) is 9.47. The van der Waals surface area contributed by atoms with Gasteiger partial charge in [-0.3, -0.25) is 14.4 Å². The summed E-state index contributed by atoms with van der Waals surface area (Å²) in [6, 6.07) is 6.29. The van der Waals surface area contributed by atoms with Gasteiger partial charge in [0.15, 0.2) is 0 Å². The van der Waals surface area contributed by atoms with Crippen LogP contribution in [-0.4, -0.2) is 36.2 Å². The zero-order valence-corrected chi connectivity index (χ0v) is 11.7. The van der Waals surface area contributed by atoms with Gasteiger partial charge in [0, 0.05) is 13.6 Å². The molecule has 20 heavy (non-hydrogen) atoms. The Balaban J connectivity index is 2.76. The van der Waals surface area contributed by atoms with Gasteiger partial charge in [-0.05, 0) is 18.6 Å². The average molecular weight is 277 g/mol. The molecule has 0 saturated carbocycles. The van der Waals surface area contributed by atoms with Gasteiger partial charge in [0.2, 0.25) is 0 Å². The van der Waals surface area contributed by atoms with Crippen molar-refractivity contribution in [2.45, 2.75) is 19.8 Å². The summed E-state index contributed by atoms with van der Waals surface area (Å²) < 4.78 is 0. The van der Waals surface area contributed by atoms with E-state index in [1.54, 1.807) is 19.2 Å². The van der Waals surface area contributed by atoms with Crippen molar-refractivity contribution in [1.82, 2.24) is 4.90 Å². The van der Waals surface area contributed by atoms with Crippen LogP contribution in [-0.2, 0) is 9.59 Å². The fourth-order valence-electron chi connectivity index (χ4n) is 1.65. The molecule has 0 atom stereocenters. The maximum absolute atomic E-state index is 11.8. The highest BCUT2D eigenvalue weighted by Crippen LogP contribution is 2.14. The molecule has 3 N–H and O–H groups in total. The van der Waals surface area contributed by atoms with E-state index in [1.165, 1.54) is 17.0 Å². The summed E-state index contributed by atoms with van der Waals surface area (Å²) in [6.07, 6.45) is 1.76. The number of hydrogen-bond donors (Lipinski definition) is 2. The molecule has 6 nitrogen and oxygen atoms in total. The lowest BCUT2D eigenvalue weighted by Gasteiger charge is -2.16. The molecular weight excluding hydrogens is 258 g/mol. The summed E-state index contributed by atoms with van der Waals surface area (Å²) in [5.74, 6) is -2.08. The number of amides is 3.